The van der Waals surface area contributed by atoms with Gasteiger partial charge in [-0.3, -0.25) is 4.79 Å². The number of pyridine rings is 1. The normalized spacial score (nSPS) is 11.2. The van der Waals surface area contributed by atoms with Crippen LogP contribution in [0.3, 0.4) is 0 Å². The Morgan fingerprint density at radius 3 is 2.36 bits per heavy atom. The Morgan fingerprint density at radius 2 is 1.77 bits per heavy atom. The van der Waals surface area contributed by atoms with E-state index in [1.807, 2.05) is 64.1 Å². The van der Waals surface area contributed by atoms with E-state index in [0.717, 1.165) is 17.0 Å². The highest BCUT2D eigenvalue weighted by Gasteiger charge is 2.16. The Morgan fingerprint density at radius 1 is 1.09 bits per heavy atom. The fourth-order valence-electron chi connectivity index (χ4n) is 2.52. The number of hydrogen-bond acceptors (Lipinski definition) is 3. The van der Waals surface area contributed by atoms with Crippen LogP contribution in [0.2, 0.25) is 0 Å². The number of nitrogens with zero attached hydrogens (tertiary/aromatic N) is 1. The molecule has 4 heteroatoms. The van der Waals surface area contributed by atoms with Crippen molar-refractivity contribution in [1.29, 1.82) is 0 Å². The zero-order valence-electron chi connectivity index (χ0n) is 13.7. The molecule has 0 saturated carbocycles. The highest BCUT2D eigenvalue weighted by Crippen LogP contribution is 2.31. The van der Waals surface area contributed by atoms with Crippen LogP contribution in [0.4, 0.5) is 0 Å². The smallest absolute Gasteiger partial charge is 0.255 e. The molecule has 1 aromatic carbocycles. The lowest BCUT2D eigenvalue weighted by Crippen LogP contribution is -2.28. The number of rotatable bonds is 5. The van der Waals surface area contributed by atoms with Crippen molar-refractivity contribution >= 4 is 0 Å². The van der Waals surface area contributed by atoms with Crippen LogP contribution in [0.5, 0.6) is 5.75 Å². The summed E-state index contributed by atoms with van der Waals surface area (Å²) in [6.07, 6.45) is 0.0729. The number of benzene rings is 1. The van der Waals surface area contributed by atoms with Gasteiger partial charge >= 0.3 is 0 Å². The molecule has 0 aliphatic heterocycles. The largest absolute Gasteiger partial charge is 0.490 e. The Kier molecular flexibility index (Phi) is 5.03. The molecule has 0 bridgehead atoms. The molecule has 0 aliphatic rings. The Labute approximate surface area is 131 Å². The number of nitrogens with two attached hydrogens (primary N) is 1. The van der Waals surface area contributed by atoms with Gasteiger partial charge in [-0.2, -0.15) is 0 Å². The van der Waals surface area contributed by atoms with Gasteiger partial charge in [0.15, 0.2) is 0 Å². The van der Waals surface area contributed by atoms with Crippen LogP contribution in [0.15, 0.2) is 41.2 Å². The predicted octanol–water partition coefficient (Wildman–Crippen LogP) is 3.34. The minimum atomic E-state index is -0.0330. The monoisotopic (exact) mass is 300 g/mol. The maximum Gasteiger partial charge on any atom is 0.255 e. The van der Waals surface area contributed by atoms with Gasteiger partial charge in [0.05, 0.1) is 11.8 Å². The van der Waals surface area contributed by atoms with Gasteiger partial charge in [0.2, 0.25) is 0 Å². The molecule has 0 saturated heterocycles. The summed E-state index contributed by atoms with van der Waals surface area (Å²) < 4.78 is 7.67. The van der Waals surface area contributed by atoms with Gasteiger partial charge in [0.1, 0.15) is 5.75 Å². The van der Waals surface area contributed by atoms with Crippen molar-refractivity contribution in [2.45, 2.75) is 46.4 Å². The summed E-state index contributed by atoms with van der Waals surface area (Å²) in [5, 5.41) is 0. The van der Waals surface area contributed by atoms with Gasteiger partial charge in [-0.25, -0.2) is 0 Å². The topological polar surface area (TPSA) is 57.2 Å². The average Bonchev–Trinajstić information content (AvgIpc) is 2.46. The van der Waals surface area contributed by atoms with Crippen LogP contribution in [0.1, 0.15) is 39.3 Å². The first-order chi connectivity index (χ1) is 10.5. The summed E-state index contributed by atoms with van der Waals surface area (Å²) in [6.45, 7) is 8.22. The summed E-state index contributed by atoms with van der Waals surface area (Å²) in [5.74, 6) is 0.784. The van der Waals surface area contributed by atoms with Crippen LogP contribution in [0.25, 0.3) is 11.3 Å². The molecule has 0 fully saturated rings. The van der Waals surface area contributed by atoms with E-state index in [-0.39, 0.29) is 24.2 Å². The maximum absolute atomic E-state index is 12.6. The van der Waals surface area contributed by atoms with E-state index in [1.54, 1.807) is 4.57 Å². The van der Waals surface area contributed by atoms with Crippen LogP contribution >= 0.6 is 0 Å². The molecule has 2 N–H and O–H groups in total. The van der Waals surface area contributed by atoms with E-state index in [0.29, 0.717) is 5.56 Å². The molecule has 0 radical (unpaired) electrons. The van der Waals surface area contributed by atoms with Crippen LogP contribution < -0.4 is 16.0 Å². The average molecular weight is 300 g/mol. The summed E-state index contributed by atoms with van der Waals surface area (Å²) >= 11 is 0. The minimum absolute atomic E-state index is 0.0330. The second kappa shape index (κ2) is 6.79. The fourth-order valence-corrected chi connectivity index (χ4v) is 2.52. The molecule has 22 heavy (non-hydrogen) atoms. The summed E-state index contributed by atoms with van der Waals surface area (Å²) in [5.41, 5.74) is 8.03. The molecule has 0 amide bonds. The third-order valence-corrected chi connectivity index (χ3v) is 3.46. The van der Waals surface area contributed by atoms with Gasteiger partial charge in [-0.05, 0) is 45.9 Å². The van der Waals surface area contributed by atoms with Gasteiger partial charge in [0, 0.05) is 23.7 Å². The number of aromatic nitrogens is 1. The summed E-state index contributed by atoms with van der Waals surface area (Å²) in [6, 6.07) is 11.6. The Balaban J connectivity index is 2.68. The first-order valence-electron chi connectivity index (χ1n) is 7.66. The first kappa shape index (κ1) is 16.3. The molecule has 0 atom stereocenters. The third-order valence-electron chi connectivity index (χ3n) is 3.46. The van der Waals surface area contributed by atoms with E-state index in [4.69, 9.17) is 10.5 Å². The standard InChI is InChI=1S/C18H24N2O2/c1-12(2)20-16(10-9-14(11-19)18(20)21)15-7-5-6-8-17(15)22-13(3)4/h5-10,12-13H,11,19H2,1-4H3. The van der Waals surface area contributed by atoms with Gasteiger partial charge in [-0.15, -0.1) is 0 Å². The first-order valence-corrected chi connectivity index (χ1v) is 7.66. The molecule has 2 aromatic rings. The minimum Gasteiger partial charge on any atom is -0.490 e. The molecule has 1 aromatic heterocycles. The molecule has 2 rings (SSSR count). The fraction of sp³-hybridized carbons (Fsp3) is 0.389. The highest BCUT2D eigenvalue weighted by molar-refractivity contribution is 5.68. The van der Waals surface area contributed by atoms with Crippen LogP contribution in [-0.2, 0) is 6.54 Å². The molecule has 0 unspecified atom stereocenters. The molecular formula is C18H24N2O2. The summed E-state index contributed by atoms with van der Waals surface area (Å²) in [7, 11) is 0. The number of ether oxygens (including phenoxy) is 1. The third kappa shape index (κ3) is 3.22. The van der Waals surface area contributed by atoms with Crippen molar-refractivity contribution < 1.29 is 4.74 Å². The lowest BCUT2D eigenvalue weighted by Gasteiger charge is -2.20. The Hall–Kier alpha value is -2.07. The molecule has 118 valence electrons. The van der Waals surface area contributed by atoms with E-state index in [1.165, 1.54) is 0 Å². The van der Waals surface area contributed by atoms with Gasteiger partial charge < -0.3 is 15.0 Å². The van der Waals surface area contributed by atoms with Gasteiger partial charge in [0.25, 0.3) is 5.56 Å². The quantitative estimate of drug-likeness (QED) is 0.921. The van der Waals surface area contributed by atoms with Crippen LogP contribution in [0, 0.1) is 0 Å². The predicted molar refractivity (Wildman–Crippen MR) is 90.2 cm³/mol. The van der Waals surface area contributed by atoms with E-state index in [9.17, 15) is 4.79 Å². The van der Waals surface area contributed by atoms with E-state index >= 15 is 0 Å². The number of para-hydroxylation sites is 1. The zero-order valence-corrected chi connectivity index (χ0v) is 13.7. The molecule has 1 heterocycles. The van der Waals surface area contributed by atoms with E-state index < -0.39 is 0 Å². The summed E-state index contributed by atoms with van der Waals surface area (Å²) in [4.78, 5) is 12.6. The van der Waals surface area contributed by atoms with Crippen molar-refractivity contribution in [3.8, 4) is 17.0 Å². The van der Waals surface area contributed by atoms with Crippen molar-refractivity contribution in [2.24, 2.45) is 5.73 Å². The SMILES string of the molecule is CC(C)Oc1ccccc1-c1ccc(CN)c(=O)n1C(C)C. The van der Waals surface area contributed by atoms with Crippen LogP contribution in [-0.4, -0.2) is 10.7 Å². The second-order valence-electron chi connectivity index (χ2n) is 5.88. The lowest BCUT2D eigenvalue weighted by molar-refractivity contribution is 0.243. The molecule has 4 nitrogen and oxygen atoms in total. The Bertz CT molecular complexity index is 702. The highest BCUT2D eigenvalue weighted by atomic mass is 16.5. The second-order valence-corrected chi connectivity index (χ2v) is 5.88. The number of hydrogen-bond donors (Lipinski definition) is 1. The molecule has 0 spiro atoms. The van der Waals surface area contributed by atoms with Crippen molar-refractivity contribution in [3.05, 3.63) is 52.3 Å². The van der Waals surface area contributed by atoms with Crippen molar-refractivity contribution in [1.82, 2.24) is 4.57 Å². The van der Waals surface area contributed by atoms with Gasteiger partial charge in [-0.1, -0.05) is 18.2 Å². The zero-order chi connectivity index (χ0) is 16.3. The lowest BCUT2D eigenvalue weighted by atomic mass is 10.1. The molecule has 0 aliphatic carbocycles. The molecular weight excluding hydrogens is 276 g/mol. The van der Waals surface area contributed by atoms with E-state index in [2.05, 4.69) is 0 Å². The van der Waals surface area contributed by atoms with Crippen molar-refractivity contribution in [2.75, 3.05) is 0 Å². The van der Waals surface area contributed by atoms with Crippen molar-refractivity contribution in [3.63, 3.8) is 0 Å². The maximum atomic E-state index is 12.6.